The van der Waals surface area contributed by atoms with Crippen LogP contribution in [-0.4, -0.2) is 72.7 Å². The molecule has 2 aliphatic rings. The maximum absolute atomic E-state index is 13.0. The molecule has 5 nitrogen and oxygen atoms in total. The molecule has 1 aromatic carbocycles. The van der Waals surface area contributed by atoms with Crippen molar-refractivity contribution >= 4 is 11.6 Å². The fraction of sp³-hybridized carbons (Fsp3) is 0.640. The van der Waals surface area contributed by atoms with Gasteiger partial charge in [0.05, 0.1) is 5.60 Å². The standard InChI is InChI=1S/C25H39N3O2/c1-20(9-12-25(2,3)30)10-13-28-14-11-22(24(28)29)19-21-7-5-6-8-23(21)27-17-15-26(4)16-18-27/h5-8,10,22,30H,9,11-19H2,1-4H3. The third-order valence-corrected chi connectivity index (χ3v) is 6.50. The SMILES string of the molecule is CC(=CCN1CCC(Cc2ccccc2N2CCN(C)CC2)C1=O)CCC(C)(C)O. The lowest BCUT2D eigenvalue weighted by Crippen LogP contribution is -2.44. The number of hydrogen-bond acceptors (Lipinski definition) is 4. The van der Waals surface area contributed by atoms with Crippen LogP contribution in [0.4, 0.5) is 5.69 Å². The van der Waals surface area contributed by atoms with Crippen molar-refractivity contribution < 1.29 is 9.90 Å². The third kappa shape index (κ3) is 6.32. The van der Waals surface area contributed by atoms with Crippen LogP contribution >= 0.6 is 0 Å². The van der Waals surface area contributed by atoms with E-state index in [-0.39, 0.29) is 11.8 Å². The molecule has 3 rings (SSSR count). The third-order valence-electron chi connectivity index (χ3n) is 6.50. The van der Waals surface area contributed by atoms with E-state index in [0.29, 0.717) is 6.54 Å². The highest BCUT2D eigenvalue weighted by Gasteiger charge is 2.32. The number of nitrogens with zero attached hydrogens (tertiary/aromatic N) is 3. The number of aliphatic hydroxyl groups is 1. The van der Waals surface area contributed by atoms with Crippen molar-refractivity contribution in [3.63, 3.8) is 0 Å². The van der Waals surface area contributed by atoms with Gasteiger partial charge in [-0.1, -0.05) is 29.8 Å². The Balaban J connectivity index is 1.57. The summed E-state index contributed by atoms with van der Waals surface area (Å²) in [6.07, 6.45) is 5.54. The average Bonchev–Trinajstić information content (AvgIpc) is 3.05. The molecule has 1 unspecified atom stereocenters. The molecule has 0 radical (unpaired) electrons. The molecule has 166 valence electrons. The fourth-order valence-corrected chi connectivity index (χ4v) is 4.35. The van der Waals surface area contributed by atoms with Gasteiger partial charge in [-0.2, -0.15) is 0 Å². The van der Waals surface area contributed by atoms with E-state index in [2.05, 4.69) is 54.1 Å². The summed E-state index contributed by atoms with van der Waals surface area (Å²) < 4.78 is 0. The van der Waals surface area contributed by atoms with Gasteiger partial charge in [0, 0.05) is 50.9 Å². The highest BCUT2D eigenvalue weighted by molar-refractivity contribution is 5.81. The van der Waals surface area contributed by atoms with Crippen molar-refractivity contribution in [2.24, 2.45) is 5.92 Å². The Morgan fingerprint density at radius 1 is 1.17 bits per heavy atom. The van der Waals surface area contributed by atoms with Gasteiger partial charge in [-0.25, -0.2) is 0 Å². The van der Waals surface area contributed by atoms with Crippen LogP contribution in [0.2, 0.25) is 0 Å². The zero-order chi connectivity index (χ0) is 21.7. The molecule has 2 heterocycles. The summed E-state index contributed by atoms with van der Waals surface area (Å²) >= 11 is 0. The Bertz CT molecular complexity index is 745. The van der Waals surface area contributed by atoms with Gasteiger partial charge in [-0.05, 0) is 65.1 Å². The average molecular weight is 414 g/mol. The van der Waals surface area contributed by atoms with Crippen molar-refractivity contribution in [2.45, 2.75) is 52.1 Å². The van der Waals surface area contributed by atoms with Crippen molar-refractivity contribution in [3.8, 4) is 0 Å². The summed E-state index contributed by atoms with van der Waals surface area (Å²) in [6.45, 7) is 11.6. The molecule has 2 fully saturated rings. The quantitative estimate of drug-likeness (QED) is 0.664. The number of likely N-dealkylation sites (N-methyl/N-ethyl adjacent to an activating group) is 1. The van der Waals surface area contributed by atoms with E-state index in [4.69, 9.17) is 0 Å². The zero-order valence-corrected chi connectivity index (χ0v) is 19.2. The van der Waals surface area contributed by atoms with Crippen LogP contribution in [0.5, 0.6) is 0 Å². The van der Waals surface area contributed by atoms with Crippen LogP contribution in [0.25, 0.3) is 0 Å². The Morgan fingerprint density at radius 2 is 1.87 bits per heavy atom. The molecule has 1 N–H and O–H groups in total. The first-order valence-corrected chi connectivity index (χ1v) is 11.4. The van der Waals surface area contributed by atoms with Crippen LogP contribution in [0, 0.1) is 5.92 Å². The van der Waals surface area contributed by atoms with E-state index in [1.54, 1.807) is 0 Å². The molecule has 0 aliphatic carbocycles. The van der Waals surface area contributed by atoms with Crippen LogP contribution in [-0.2, 0) is 11.2 Å². The van der Waals surface area contributed by atoms with E-state index in [0.717, 1.165) is 58.4 Å². The van der Waals surface area contributed by atoms with Crippen molar-refractivity contribution in [3.05, 3.63) is 41.5 Å². The molecular formula is C25H39N3O2. The number of allylic oxidation sites excluding steroid dienone is 1. The highest BCUT2D eigenvalue weighted by atomic mass is 16.3. The number of likely N-dealkylation sites (tertiary alicyclic amines) is 1. The molecule has 5 heteroatoms. The second-order valence-corrected chi connectivity index (χ2v) is 9.76. The Labute approximate surface area is 182 Å². The van der Waals surface area contributed by atoms with Crippen molar-refractivity contribution in [1.82, 2.24) is 9.80 Å². The second kappa shape index (κ2) is 9.97. The summed E-state index contributed by atoms with van der Waals surface area (Å²) in [4.78, 5) is 19.8. The lowest BCUT2D eigenvalue weighted by Gasteiger charge is -2.35. The zero-order valence-electron chi connectivity index (χ0n) is 19.2. The smallest absolute Gasteiger partial charge is 0.226 e. The lowest BCUT2D eigenvalue weighted by atomic mass is 9.96. The molecule has 2 aliphatic heterocycles. The van der Waals surface area contributed by atoms with Gasteiger partial charge in [0.2, 0.25) is 5.91 Å². The van der Waals surface area contributed by atoms with E-state index in [1.807, 2.05) is 18.7 Å². The molecule has 0 aromatic heterocycles. The van der Waals surface area contributed by atoms with Gasteiger partial charge in [-0.15, -0.1) is 0 Å². The first-order valence-electron chi connectivity index (χ1n) is 11.4. The number of benzene rings is 1. The van der Waals surface area contributed by atoms with Gasteiger partial charge in [0.25, 0.3) is 0 Å². The number of carbonyl (C=O) groups is 1. The summed E-state index contributed by atoms with van der Waals surface area (Å²) in [7, 11) is 2.18. The lowest BCUT2D eigenvalue weighted by molar-refractivity contribution is -0.130. The molecular weight excluding hydrogens is 374 g/mol. The van der Waals surface area contributed by atoms with Gasteiger partial charge >= 0.3 is 0 Å². The molecule has 0 spiro atoms. The first kappa shape index (κ1) is 22.8. The van der Waals surface area contributed by atoms with Crippen LogP contribution in [0.1, 0.15) is 45.6 Å². The number of rotatable bonds is 8. The summed E-state index contributed by atoms with van der Waals surface area (Å²) in [5.74, 6) is 0.374. The van der Waals surface area contributed by atoms with Crippen molar-refractivity contribution in [2.75, 3.05) is 51.2 Å². The molecule has 1 aromatic rings. The number of carbonyl (C=O) groups excluding carboxylic acids is 1. The first-order chi connectivity index (χ1) is 14.2. The molecule has 0 bridgehead atoms. The van der Waals surface area contributed by atoms with Gasteiger partial charge in [-0.3, -0.25) is 4.79 Å². The number of anilines is 1. The fourth-order valence-electron chi connectivity index (χ4n) is 4.35. The summed E-state index contributed by atoms with van der Waals surface area (Å²) in [5.41, 5.74) is 3.22. The topological polar surface area (TPSA) is 47.0 Å². The minimum Gasteiger partial charge on any atom is -0.390 e. The second-order valence-electron chi connectivity index (χ2n) is 9.76. The molecule has 0 saturated carbocycles. The Kier molecular flexibility index (Phi) is 7.59. The van der Waals surface area contributed by atoms with E-state index >= 15 is 0 Å². The Morgan fingerprint density at radius 3 is 2.57 bits per heavy atom. The Hall–Kier alpha value is -1.85. The number of para-hydroxylation sites is 1. The van der Waals surface area contributed by atoms with E-state index in [9.17, 15) is 9.90 Å². The van der Waals surface area contributed by atoms with Gasteiger partial charge < -0.3 is 19.8 Å². The van der Waals surface area contributed by atoms with Crippen molar-refractivity contribution in [1.29, 1.82) is 0 Å². The minimum atomic E-state index is -0.638. The van der Waals surface area contributed by atoms with Crippen LogP contribution < -0.4 is 4.90 Å². The molecule has 1 atom stereocenters. The largest absolute Gasteiger partial charge is 0.390 e. The number of piperazine rings is 1. The van der Waals surface area contributed by atoms with E-state index in [1.165, 1.54) is 16.8 Å². The van der Waals surface area contributed by atoms with Crippen LogP contribution in [0.3, 0.4) is 0 Å². The van der Waals surface area contributed by atoms with E-state index < -0.39 is 5.60 Å². The summed E-state index contributed by atoms with van der Waals surface area (Å²) in [6, 6.07) is 8.62. The number of amides is 1. The molecule has 30 heavy (non-hydrogen) atoms. The summed E-state index contributed by atoms with van der Waals surface area (Å²) in [5, 5.41) is 9.90. The van der Waals surface area contributed by atoms with Crippen LogP contribution in [0.15, 0.2) is 35.9 Å². The predicted molar refractivity (Wildman–Crippen MR) is 124 cm³/mol. The predicted octanol–water partition coefficient (Wildman–Crippen LogP) is 3.33. The molecule has 1 amide bonds. The monoisotopic (exact) mass is 413 g/mol. The maximum Gasteiger partial charge on any atom is 0.226 e. The minimum absolute atomic E-state index is 0.0868. The van der Waals surface area contributed by atoms with Gasteiger partial charge in [0.15, 0.2) is 0 Å². The maximum atomic E-state index is 13.0. The number of hydrogen-bond donors (Lipinski definition) is 1. The normalized spacial score (nSPS) is 21.6. The van der Waals surface area contributed by atoms with Gasteiger partial charge in [0.1, 0.15) is 0 Å². The molecule has 2 saturated heterocycles. The highest BCUT2D eigenvalue weighted by Crippen LogP contribution is 2.29.